The number of carbonyl (C=O) groups is 1. The fourth-order valence-corrected chi connectivity index (χ4v) is 3.71. The molecule has 6 heteroatoms. The number of hydrogen-bond donors (Lipinski definition) is 1. The number of aromatic nitrogens is 1. The predicted octanol–water partition coefficient (Wildman–Crippen LogP) is 3.13. The van der Waals surface area contributed by atoms with Crippen molar-refractivity contribution in [1.29, 1.82) is 0 Å². The van der Waals surface area contributed by atoms with Crippen LogP contribution in [0.2, 0.25) is 0 Å². The summed E-state index contributed by atoms with van der Waals surface area (Å²) in [6.45, 7) is 2.13. The number of hydrogen-bond acceptors (Lipinski definition) is 5. The predicted molar refractivity (Wildman–Crippen MR) is 93.0 cm³/mol. The van der Waals surface area contributed by atoms with Crippen LogP contribution in [-0.4, -0.2) is 37.8 Å². The summed E-state index contributed by atoms with van der Waals surface area (Å²) in [5, 5.41) is 3.66. The molecule has 1 amide bonds. The molecule has 1 aromatic heterocycles. The fourth-order valence-electron chi connectivity index (χ4n) is 2.70. The highest BCUT2D eigenvalue weighted by atomic mass is 32.1. The van der Waals surface area contributed by atoms with Crippen LogP contribution in [0.15, 0.2) is 30.3 Å². The number of nitrogens with one attached hydrogen (secondary N) is 1. The number of thiazole rings is 1. The Balaban J connectivity index is 1.94. The molecule has 0 spiro atoms. The van der Waals surface area contributed by atoms with Crippen molar-refractivity contribution in [1.82, 2.24) is 10.3 Å². The molecule has 0 radical (unpaired) electrons. The first-order valence-electron chi connectivity index (χ1n) is 7.88. The third-order valence-corrected chi connectivity index (χ3v) is 4.96. The summed E-state index contributed by atoms with van der Waals surface area (Å²) in [7, 11) is 1.56. The van der Waals surface area contributed by atoms with Crippen LogP contribution >= 0.6 is 11.3 Å². The van der Waals surface area contributed by atoms with Crippen molar-refractivity contribution < 1.29 is 9.53 Å². The minimum Gasteiger partial charge on any atom is -0.364 e. The molecule has 1 aliphatic heterocycles. The number of carbonyl (C=O) groups excluding carboxylic acids is 1. The smallest absolute Gasteiger partial charge is 0.267 e. The monoisotopic (exact) mass is 331 g/mol. The lowest BCUT2D eigenvalue weighted by molar-refractivity contribution is 0.0876. The quantitative estimate of drug-likeness (QED) is 0.855. The van der Waals surface area contributed by atoms with Crippen molar-refractivity contribution in [2.75, 3.05) is 31.8 Å². The Hall–Kier alpha value is -1.92. The van der Waals surface area contributed by atoms with Gasteiger partial charge in [-0.2, -0.15) is 0 Å². The minimum atomic E-state index is -0.118. The van der Waals surface area contributed by atoms with Crippen molar-refractivity contribution in [3.05, 3.63) is 35.2 Å². The molecular formula is C17H21N3O2S. The SMILES string of the molecule is COCNC(=O)c1sc(-c2ccccc2)nc1N1CCCCC1. The summed E-state index contributed by atoms with van der Waals surface area (Å²) in [5.41, 5.74) is 1.04. The van der Waals surface area contributed by atoms with Gasteiger partial charge >= 0.3 is 0 Å². The summed E-state index contributed by atoms with van der Waals surface area (Å²) >= 11 is 1.44. The van der Waals surface area contributed by atoms with Gasteiger partial charge in [-0.1, -0.05) is 30.3 Å². The van der Waals surface area contributed by atoms with Crippen LogP contribution in [-0.2, 0) is 4.74 Å². The highest BCUT2D eigenvalue weighted by molar-refractivity contribution is 7.17. The van der Waals surface area contributed by atoms with E-state index in [0.717, 1.165) is 42.3 Å². The van der Waals surface area contributed by atoms with E-state index in [4.69, 9.17) is 9.72 Å². The van der Waals surface area contributed by atoms with E-state index in [1.165, 1.54) is 17.8 Å². The maximum atomic E-state index is 12.5. The zero-order valence-electron chi connectivity index (χ0n) is 13.2. The van der Waals surface area contributed by atoms with E-state index >= 15 is 0 Å². The number of ether oxygens (including phenoxy) is 1. The number of benzene rings is 1. The van der Waals surface area contributed by atoms with Gasteiger partial charge in [-0.3, -0.25) is 4.79 Å². The lowest BCUT2D eigenvalue weighted by atomic mass is 10.1. The maximum absolute atomic E-state index is 12.5. The Morgan fingerprint density at radius 3 is 2.70 bits per heavy atom. The number of nitrogens with zero attached hydrogens (tertiary/aromatic N) is 2. The Morgan fingerprint density at radius 1 is 1.26 bits per heavy atom. The maximum Gasteiger partial charge on any atom is 0.267 e. The molecule has 3 rings (SSSR count). The van der Waals surface area contributed by atoms with Gasteiger partial charge in [0, 0.05) is 25.8 Å². The van der Waals surface area contributed by atoms with Crippen LogP contribution in [0.25, 0.3) is 10.6 Å². The zero-order valence-corrected chi connectivity index (χ0v) is 14.1. The van der Waals surface area contributed by atoms with Crippen LogP contribution in [0.3, 0.4) is 0 Å². The first kappa shape index (κ1) is 16.0. The first-order valence-corrected chi connectivity index (χ1v) is 8.69. The zero-order chi connectivity index (χ0) is 16.1. The van der Waals surface area contributed by atoms with Gasteiger partial charge < -0.3 is 15.0 Å². The van der Waals surface area contributed by atoms with E-state index in [1.54, 1.807) is 7.11 Å². The van der Waals surface area contributed by atoms with Gasteiger partial charge in [0.05, 0.1) is 0 Å². The molecule has 122 valence electrons. The van der Waals surface area contributed by atoms with Crippen molar-refractivity contribution in [2.24, 2.45) is 0 Å². The van der Waals surface area contributed by atoms with E-state index < -0.39 is 0 Å². The summed E-state index contributed by atoms with van der Waals surface area (Å²) in [6.07, 6.45) is 3.55. The number of anilines is 1. The molecule has 0 aliphatic carbocycles. The van der Waals surface area contributed by atoms with Gasteiger partial charge in [0.25, 0.3) is 5.91 Å². The summed E-state index contributed by atoms with van der Waals surface area (Å²) in [5.74, 6) is 0.689. The van der Waals surface area contributed by atoms with Crippen LogP contribution in [0, 0.1) is 0 Å². The minimum absolute atomic E-state index is 0.118. The van der Waals surface area contributed by atoms with Gasteiger partial charge in [-0.05, 0) is 19.3 Å². The number of amides is 1. The normalized spacial score (nSPS) is 14.7. The molecule has 2 heterocycles. The van der Waals surface area contributed by atoms with Gasteiger partial charge in [-0.15, -0.1) is 11.3 Å². The first-order chi connectivity index (χ1) is 11.3. The second-order valence-corrected chi connectivity index (χ2v) is 6.52. The molecule has 23 heavy (non-hydrogen) atoms. The van der Waals surface area contributed by atoms with Crippen molar-refractivity contribution >= 4 is 23.1 Å². The van der Waals surface area contributed by atoms with Crippen LogP contribution in [0.1, 0.15) is 28.9 Å². The number of piperidine rings is 1. The van der Waals surface area contributed by atoms with E-state index in [9.17, 15) is 4.79 Å². The third-order valence-electron chi connectivity index (χ3n) is 3.87. The Labute approximate surface area is 140 Å². The topological polar surface area (TPSA) is 54.5 Å². The van der Waals surface area contributed by atoms with Crippen LogP contribution < -0.4 is 10.2 Å². The highest BCUT2D eigenvalue weighted by Gasteiger charge is 2.24. The number of rotatable bonds is 5. The molecule has 1 aromatic carbocycles. The van der Waals surface area contributed by atoms with E-state index in [1.807, 2.05) is 30.3 Å². The van der Waals surface area contributed by atoms with Gasteiger partial charge in [0.1, 0.15) is 16.6 Å². The molecule has 5 nitrogen and oxygen atoms in total. The Bertz CT molecular complexity index is 651. The molecule has 2 aromatic rings. The molecule has 0 atom stereocenters. The van der Waals surface area contributed by atoms with Crippen molar-refractivity contribution in [2.45, 2.75) is 19.3 Å². The van der Waals surface area contributed by atoms with Gasteiger partial charge in [0.15, 0.2) is 5.82 Å². The average molecular weight is 331 g/mol. The van der Waals surface area contributed by atoms with Crippen LogP contribution in [0.4, 0.5) is 5.82 Å². The lowest BCUT2D eigenvalue weighted by Crippen LogP contribution is -2.32. The Morgan fingerprint density at radius 2 is 2.00 bits per heavy atom. The molecule has 0 saturated carbocycles. The molecule has 1 N–H and O–H groups in total. The molecule has 0 bridgehead atoms. The highest BCUT2D eigenvalue weighted by Crippen LogP contribution is 2.34. The largest absolute Gasteiger partial charge is 0.364 e. The van der Waals surface area contributed by atoms with Gasteiger partial charge in [0.2, 0.25) is 0 Å². The average Bonchev–Trinajstić information content (AvgIpc) is 3.07. The molecule has 0 unspecified atom stereocenters. The standard InChI is InChI=1S/C17H21N3O2S/c1-22-12-18-16(21)14-15(20-10-6-3-7-11-20)19-17(23-14)13-8-4-2-5-9-13/h2,4-5,8-9H,3,6-7,10-12H2,1H3,(H,18,21). The third kappa shape index (κ3) is 3.71. The molecule has 1 aliphatic rings. The molecule has 1 saturated heterocycles. The van der Waals surface area contributed by atoms with Gasteiger partial charge in [-0.25, -0.2) is 4.98 Å². The van der Waals surface area contributed by atoms with Crippen molar-refractivity contribution in [3.8, 4) is 10.6 Å². The second kappa shape index (κ2) is 7.57. The Kier molecular flexibility index (Phi) is 5.25. The van der Waals surface area contributed by atoms with E-state index in [-0.39, 0.29) is 12.6 Å². The molecular weight excluding hydrogens is 310 g/mol. The molecule has 1 fully saturated rings. The number of methoxy groups -OCH3 is 1. The lowest BCUT2D eigenvalue weighted by Gasteiger charge is -2.27. The van der Waals surface area contributed by atoms with Crippen molar-refractivity contribution in [3.63, 3.8) is 0 Å². The summed E-state index contributed by atoms with van der Waals surface area (Å²) in [4.78, 5) is 20.1. The van der Waals surface area contributed by atoms with Crippen LogP contribution in [0.5, 0.6) is 0 Å². The van der Waals surface area contributed by atoms with E-state index in [0.29, 0.717) is 4.88 Å². The van der Waals surface area contributed by atoms with E-state index in [2.05, 4.69) is 10.2 Å². The fraction of sp³-hybridized carbons (Fsp3) is 0.412. The second-order valence-electron chi connectivity index (χ2n) is 5.52. The summed E-state index contributed by atoms with van der Waals surface area (Å²) in [6, 6.07) is 10.0. The summed E-state index contributed by atoms with van der Waals surface area (Å²) < 4.78 is 4.95.